The maximum Gasteiger partial charge on any atom is 0.317 e. The summed E-state index contributed by atoms with van der Waals surface area (Å²) in [6.07, 6.45) is 5.77. The van der Waals surface area contributed by atoms with Crippen LogP contribution in [0.3, 0.4) is 0 Å². The van der Waals surface area contributed by atoms with Crippen molar-refractivity contribution in [3.8, 4) is 0 Å². The highest BCUT2D eigenvalue weighted by molar-refractivity contribution is 5.82. The monoisotopic (exact) mass is 501 g/mol. The van der Waals surface area contributed by atoms with Crippen LogP contribution in [0.2, 0.25) is 0 Å². The zero-order chi connectivity index (χ0) is 25.5. The third-order valence-corrected chi connectivity index (χ3v) is 7.48. The van der Waals surface area contributed by atoms with Gasteiger partial charge in [-0.3, -0.25) is 4.79 Å². The van der Waals surface area contributed by atoms with Crippen molar-refractivity contribution < 1.29 is 14.1 Å². The number of amides is 3. The number of nitrogens with zero attached hydrogens (tertiary/aromatic N) is 3. The number of urea groups is 1. The summed E-state index contributed by atoms with van der Waals surface area (Å²) >= 11 is 0. The molecule has 2 N–H and O–H groups in total. The molecular formula is C29H35N5O3. The standard InChI is InChI=1S/C29H35N5O3/c35-27-24-18-23(28-32-26(33-37-28)17-21-11-5-3-6-12-21)19-25(24)34(16-10-2-1-9-15-30-27)29(36)31-20-22-13-7-4-8-14-22/h3-8,11-14,23-25H,1-2,9-10,15-20H2,(H,30,35)(H,31,36)/t23-,24-,25+/m1/s1. The van der Waals surface area contributed by atoms with E-state index in [1.807, 2.05) is 65.6 Å². The highest BCUT2D eigenvalue weighted by atomic mass is 16.5. The summed E-state index contributed by atoms with van der Waals surface area (Å²) in [6.45, 7) is 1.76. The lowest BCUT2D eigenvalue weighted by molar-refractivity contribution is -0.126. The van der Waals surface area contributed by atoms with Gasteiger partial charge in [0.15, 0.2) is 5.82 Å². The van der Waals surface area contributed by atoms with E-state index in [2.05, 4.69) is 20.8 Å². The Labute approximate surface area is 217 Å². The van der Waals surface area contributed by atoms with Crippen LogP contribution in [-0.4, -0.2) is 46.1 Å². The van der Waals surface area contributed by atoms with E-state index in [1.165, 1.54) is 0 Å². The van der Waals surface area contributed by atoms with Crippen molar-refractivity contribution in [1.29, 1.82) is 0 Å². The molecule has 0 spiro atoms. The van der Waals surface area contributed by atoms with E-state index < -0.39 is 0 Å². The molecule has 1 saturated heterocycles. The van der Waals surface area contributed by atoms with E-state index in [1.54, 1.807) is 0 Å². The highest BCUT2D eigenvalue weighted by Gasteiger charge is 2.45. The number of benzene rings is 2. The Morgan fingerprint density at radius 3 is 2.49 bits per heavy atom. The van der Waals surface area contributed by atoms with Gasteiger partial charge in [-0.25, -0.2) is 4.79 Å². The fourth-order valence-electron chi connectivity index (χ4n) is 5.52. The second kappa shape index (κ2) is 12.0. The van der Waals surface area contributed by atoms with Crippen LogP contribution in [0, 0.1) is 5.92 Å². The summed E-state index contributed by atoms with van der Waals surface area (Å²) in [5.41, 5.74) is 2.16. The number of carbonyl (C=O) groups is 2. The number of aromatic nitrogens is 2. The molecule has 2 aliphatic rings. The smallest absolute Gasteiger partial charge is 0.317 e. The Bertz CT molecular complexity index is 1170. The molecule has 1 aliphatic heterocycles. The number of fused-ring (bicyclic) bond motifs is 1. The van der Waals surface area contributed by atoms with E-state index in [4.69, 9.17) is 4.52 Å². The number of hydrogen-bond donors (Lipinski definition) is 2. The topological polar surface area (TPSA) is 100 Å². The van der Waals surface area contributed by atoms with Crippen LogP contribution < -0.4 is 10.6 Å². The quantitative estimate of drug-likeness (QED) is 0.539. The van der Waals surface area contributed by atoms with E-state index in [-0.39, 0.29) is 29.8 Å². The van der Waals surface area contributed by atoms with Gasteiger partial charge in [0.1, 0.15) is 0 Å². The Kier molecular flexibility index (Phi) is 8.13. The minimum atomic E-state index is -0.310. The molecule has 37 heavy (non-hydrogen) atoms. The molecule has 8 heteroatoms. The molecule has 3 aromatic rings. The van der Waals surface area contributed by atoms with Gasteiger partial charge in [-0.2, -0.15) is 4.98 Å². The summed E-state index contributed by atoms with van der Waals surface area (Å²) in [7, 11) is 0. The molecule has 2 heterocycles. The fraction of sp³-hybridized carbons (Fsp3) is 0.448. The predicted molar refractivity (Wildman–Crippen MR) is 140 cm³/mol. The lowest BCUT2D eigenvalue weighted by Crippen LogP contribution is -2.50. The average molecular weight is 502 g/mol. The molecule has 8 nitrogen and oxygen atoms in total. The second-order valence-corrected chi connectivity index (χ2v) is 10.1. The molecule has 5 rings (SSSR count). The van der Waals surface area contributed by atoms with Crippen molar-refractivity contribution in [1.82, 2.24) is 25.7 Å². The molecule has 1 saturated carbocycles. The summed E-state index contributed by atoms with van der Waals surface area (Å²) in [5.74, 6) is 0.833. The number of rotatable bonds is 5. The molecule has 3 atom stereocenters. The number of nitrogens with one attached hydrogen (secondary N) is 2. The van der Waals surface area contributed by atoms with Gasteiger partial charge in [0.25, 0.3) is 0 Å². The SMILES string of the molecule is O=C1NCCCCCCN(C(=O)NCc2ccccc2)[C@H]2C[C@H](c3nc(Cc4ccccc4)no3)C[C@@H]12. The van der Waals surface area contributed by atoms with Crippen LogP contribution in [0.5, 0.6) is 0 Å². The van der Waals surface area contributed by atoms with Gasteiger partial charge in [-0.1, -0.05) is 78.7 Å². The minimum Gasteiger partial charge on any atom is -0.356 e. The van der Waals surface area contributed by atoms with Crippen LogP contribution in [0.25, 0.3) is 0 Å². The first-order valence-electron chi connectivity index (χ1n) is 13.4. The Hall–Kier alpha value is -3.68. The van der Waals surface area contributed by atoms with E-state index in [0.717, 1.165) is 36.8 Å². The third-order valence-electron chi connectivity index (χ3n) is 7.48. The maximum atomic E-state index is 13.5. The normalized spacial score (nSPS) is 22.5. The Morgan fingerprint density at radius 1 is 0.973 bits per heavy atom. The summed E-state index contributed by atoms with van der Waals surface area (Å²) < 4.78 is 5.68. The second-order valence-electron chi connectivity index (χ2n) is 10.1. The third kappa shape index (κ3) is 6.37. The van der Waals surface area contributed by atoms with Gasteiger partial charge < -0.3 is 20.1 Å². The molecule has 2 aromatic carbocycles. The molecule has 2 fully saturated rings. The van der Waals surface area contributed by atoms with Crippen molar-refractivity contribution in [2.75, 3.05) is 13.1 Å². The van der Waals surface area contributed by atoms with Gasteiger partial charge >= 0.3 is 6.03 Å². The van der Waals surface area contributed by atoms with Crippen molar-refractivity contribution in [2.24, 2.45) is 5.92 Å². The zero-order valence-corrected chi connectivity index (χ0v) is 21.1. The first-order chi connectivity index (χ1) is 18.2. The van der Waals surface area contributed by atoms with Gasteiger partial charge in [0, 0.05) is 38.0 Å². The number of hydrogen-bond acceptors (Lipinski definition) is 5. The van der Waals surface area contributed by atoms with Crippen LogP contribution >= 0.6 is 0 Å². The molecule has 1 aliphatic carbocycles. The fourth-order valence-corrected chi connectivity index (χ4v) is 5.52. The van der Waals surface area contributed by atoms with E-state index >= 15 is 0 Å². The molecule has 0 unspecified atom stereocenters. The molecule has 3 amide bonds. The average Bonchev–Trinajstić information content (AvgIpc) is 3.57. The molecule has 194 valence electrons. The van der Waals surface area contributed by atoms with Gasteiger partial charge in [0.05, 0.1) is 5.92 Å². The van der Waals surface area contributed by atoms with E-state index in [9.17, 15) is 9.59 Å². The van der Waals surface area contributed by atoms with Gasteiger partial charge in [0.2, 0.25) is 11.8 Å². The predicted octanol–water partition coefficient (Wildman–Crippen LogP) is 4.42. The Balaban J connectivity index is 1.33. The summed E-state index contributed by atoms with van der Waals surface area (Å²) in [4.78, 5) is 33.3. The van der Waals surface area contributed by atoms with Crippen molar-refractivity contribution in [3.05, 3.63) is 83.5 Å². The molecule has 1 aromatic heterocycles. The Morgan fingerprint density at radius 2 is 1.70 bits per heavy atom. The molecule has 0 radical (unpaired) electrons. The lowest BCUT2D eigenvalue weighted by atomic mass is 10.0. The lowest BCUT2D eigenvalue weighted by Gasteiger charge is -2.32. The highest BCUT2D eigenvalue weighted by Crippen LogP contribution is 2.41. The molecule has 0 bridgehead atoms. The van der Waals surface area contributed by atoms with Gasteiger partial charge in [-0.15, -0.1) is 0 Å². The molecular weight excluding hydrogens is 466 g/mol. The van der Waals surface area contributed by atoms with Gasteiger partial charge in [-0.05, 0) is 36.8 Å². The van der Waals surface area contributed by atoms with E-state index in [0.29, 0.717) is 50.6 Å². The van der Waals surface area contributed by atoms with Crippen molar-refractivity contribution in [2.45, 2.75) is 63.5 Å². The number of carbonyl (C=O) groups excluding carboxylic acids is 2. The zero-order valence-electron chi connectivity index (χ0n) is 21.1. The van der Waals surface area contributed by atoms with Crippen molar-refractivity contribution in [3.63, 3.8) is 0 Å². The minimum absolute atomic E-state index is 0.0132. The largest absolute Gasteiger partial charge is 0.356 e. The first-order valence-corrected chi connectivity index (χ1v) is 13.4. The van der Waals surface area contributed by atoms with Crippen LogP contribution in [-0.2, 0) is 17.8 Å². The van der Waals surface area contributed by atoms with Crippen LogP contribution in [0.4, 0.5) is 4.79 Å². The summed E-state index contributed by atoms with van der Waals surface area (Å²) in [6, 6.07) is 19.6. The van der Waals surface area contributed by atoms with Crippen LogP contribution in [0.1, 0.15) is 67.3 Å². The first kappa shape index (κ1) is 25.0. The maximum absolute atomic E-state index is 13.5. The van der Waals surface area contributed by atoms with Crippen molar-refractivity contribution >= 4 is 11.9 Å². The summed E-state index contributed by atoms with van der Waals surface area (Å²) in [5, 5.41) is 10.4. The van der Waals surface area contributed by atoms with Crippen LogP contribution in [0.15, 0.2) is 65.2 Å².